The summed E-state index contributed by atoms with van der Waals surface area (Å²) in [6.45, 7) is 4.21. The van der Waals surface area contributed by atoms with Crippen LogP contribution in [0.5, 0.6) is 0 Å². The van der Waals surface area contributed by atoms with Crippen molar-refractivity contribution in [1.82, 2.24) is 4.98 Å². The first kappa shape index (κ1) is 18.7. The molecule has 2 aliphatic rings. The summed E-state index contributed by atoms with van der Waals surface area (Å²) in [7, 11) is 0. The maximum absolute atomic E-state index is 14.8. The van der Waals surface area contributed by atoms with Crippen LogP contribution in [0, 0.1) is 17.6 Å². The van der Waals surface area contributed by atoms with Crippen LogP contribution in [0.25, 0.3) is 0 Å². The first-order chi connectivity index (χ1) is 13.5. The fourth-order valence-corrected chi connectivity index (χ4v) is 4.42. The molecule has 1 amide bonds. The maximum Gasteiger partial charge on any atom is 0.274 e. The lowest BCUT2D eigenvalue weighted by atomic mass is 9.81. The van der Waals surface area contributed by atoms with E-state index in [2.05, 4.69) is 27.0 Å². The first-order valence-corrected chi connectivity index (χ1v) is 9.50. The Morgan fingerprint density at radius 3 is 2.96 bits per heavy atom. The molecule has 1 saturated heterocycles. The number of halogens is 2. The number of fused-ring (bicyclic) bond motifs is 1. The number of carbonyl (C=O) groups excluding carboxylic acids is 1. The first-order valence-electron chi connectivity index (χ1n) is 8.52. The number of benzene rings is 1. The number of hydrogen-bond acceptors (Lipinski definition) is 6. The van der Waals surface area contributed by atoms with Gasteiger partial charge in [0.1, 0.15) is 22.9 Å². The summed E-state index contributed by atoms with van der Waals surface area (Å²) < 4.78 is 33.4. The van der Waals surface area contributed by atoms with Crippen LogP contribution < -0.4 is 5.32 Å². The largest absolute Gasteiger partial charge is 0.378 e. The second kappa shape index (κ2) is 7.40. The van der Waals surface area contributed by atoms with E-state index >= 15 is 0 Å². The van der Waals surface area contributed by atoms with Gasteiger partial charge in [-0.1, -0.05) is 11.8 Å². The average molecular weight is 402 g/mol. The Kier molecular flexibility index (Phi) is 4.94. The summed E-state index contributed by atoms with van der Waals surface area (Å²) in [6.07, 6.45) is 0.961. The molecule has 0 bridgehead atoms. The van der Waals surface area contributed by atoms with Crippen molar-refractivity contribution >= 4 is 35.2 Å². The van der Waals surface area contributed by atoms with E-state index in [1.165, 1.54) is 30.0 Å². The van der Waals surface area contributed by atoms with E-state index in [1.807, 2.05) is 0 Å². The molecule has 0 spiro atoms. The molecule has 6 nitrogen and oxygen atoms in total. The summed E-state index contributed by atoms with van der Waals surface area (Å²) in [5.41, 5.74) is -0.131. The molecule has 0 radical (unpaired) electrons. The lowest BCUT2D eigenvalue weighted by Crippen LogP contribution is -2.38. The monoisotopic (exact) mass is 402 g/mol. The number of carbonyl (C=O) groups is 1. The molecule has 2 aliphatic heterocycles. The third-order valence-electron chi connectivity index (χ3n) is 4.81. The van der Waals surface area contributed by atoms with Crippen LogP contribution in [-0.4, -0.2) is 41.7 Å². The van der Waals surface area contributed by atoms with Crippen LogP contribution in [0.4, 0.5) is 14.5 Å². The highest BCUT2D eigenvalue weighted by Crippen LogP contribution is 2.46. The van der Waals surface area contributed by atoms with Gasteiger partial charge < -0.3 is 10.1 Å². The number of rotatable bonds is 3. The summed E-state index contributed by atoms with van der Waals surface area (Å²) in [4.78, 5) is 24.6. The summed E-state index contributed by atoms with van der Waals surface area (Å²) >= 11 is 1.46. The van der Waals surface area contributed by atoms with Crippen molar-refractivity contribution in [3.05, 3.63) is 59.4 Å². The minimum atomic E-state index is -0.902. The van der Waals surface area contributed by atoms with Gasteiger partial charge in [0.15, 0.2) is 5.17 Å². The average Bonchev–Trinajstić information content (AvgIpc) is 3.13. The summed E-state index contributed by atoms with van der Waals surface area (Å²) in [5, 5.41) is 3.16. The second-order valence-corrected chi connectivity index (χ2v) is 7.50. The van der Waals surface area contributed by atoms with Crippen LogP contribution in [0.15, 0.2) is 46.5 Å². The van der Waals surface area contributed by atoms with E-state index in [0.717, 1.165) is 12.3 Å². The van der Waals surface area contributed by atoms with Gasteiger partial charge in [0.25, 0.3) is 5.91 Å². The smallest absolute Gasteiger partial charge is 0.274 e. The molecule has 0 unspecified atom stereocenters. The summed E-state index contributed by atoms with van der Waals surface area (Å²) in [6, 6.07) is 6.72. The van der Waals surface area contributed by atoms with Crippen molar-refractivity contribution in [2.45, 2.75) is 5.54 Å². The quantitative estimate of drug-likeness (QED) is 0.800. The maximum atomic E-state index is 14.8. The van der Waals surface area contributed by atoms with Gasteiger partial charge in [-0.25, -0.2) is 23.7 Å². The number of amidine groups is 1. The molecule has 4 rings (SSSR count). The van der Waals surface area contributed by atoms with Crippen LogP contribution in [-0.2, 0) is 10.3 Å². The van der Waals surface area contributed by atoms with Gasteiger partial charge in [0, 0.05) is 22.9 Å². The molecule has 2 atom stereocenters. The van der Waals surface area contributed by atoms with Crippen molar-refractivity contribution in [3.8, 4) is 0 Å². The molecule has 1 aromatic carbocycles. The number of hydrogen-bond donors (Lipinski definition) is 1. The van der Waals surface area contributed by atoms with Crippen LogP contribution in [0.2, 0.25) is 0 Å². The van der Waals surface area contributed by atoms with E-state index in [4.69, 9.17) is 4.74 Å². The number of aliphatic imine (C=N–C) groups is 2. The predicted molar refractivity (Wildman–Crippen MR) is 104 cm³/mol. The highest BCUT2D eigenvalue weighted by molar-refractivity contribution is 8.13. The third kappa shape index (κ3) is 3.31. The Morgan fingerprint density at radius 2 is 2.21 bits per heavy atom. The number of aromatic nitrogens is 1. The minimum Gasteiger partial charge on any atom is -0.378 e. The molecule has 2 aromatic rings. The Hall–Kier alpha value is -2.65. The van der Waals surface area contributed by atoms with Crippen molar-refractivity contribution in [2.24, 2.45) is 15.9 Å². The van der Waals surface area contributed by atoms with Crippen molar-refractivity contribution in [1.29, 1.82) is 0 Å². The Labute approximate surface area is 164 Å². The topological polar surface area (TPSA) is 75.9 Å². The zero-order valence-corrected chi connectivity index (χ0v) is 15.5. The number of ether oxygens (including phenoxy) is 1. The SMILES string of the molecule is C=NC1=N[C@@]2(c3cc(NC(=O)c4ccc(F)cn4)ccc3F)COC[C@H]2CS1. The van der Waals surface area contributed by atoms with Crippen LogP contribution in [0.1, 0.15) is 16.1 Å². The molecule has 9 heteroatoms. The Bertz CT molecular complexity index is 967. The standard InChI is InChI=1S/C19H16F2N4O2S/c1-22-18-25-19(10-27-8-11(19)9-28-18)14-6-13(3-4-15(14)21)24-17(26)16-5-2-12(20)7-23-16/h2-7,11H,1,8-10H2,(H,24,26)/t11-,19-/m0/s1. The third-order valence-corrected chi connectivity index (χ3v) is 5.86. The highest BCUT2D eigenvalue weighted by Gasteiger charge is 2.49. The number of nitrogens with zero attached hydrogens (tertiary/aromatic N) is 3. The van der Waals surface area contributed by atoms with Crippen LogP contribution >= 0.6 is 11.8 Å². The van der Waals surface area contributed by atoms with E-state index < -0.39 is 23.1 Å². The highest BCUT2D eigenvalue weighted by atomic mass is 32.2. The minimum absolute atomic E-state index is 0.0118. The summed E-state index contributed by atoms with van der Waals surface area (Å²) in [5.74, 6) is -0.820. The number of anilines is 1. The fourth-order valence-electron chi connectivity index (χ4n) is 3.38. The molecular formula is C19H16F2N4O2S. The molecule has 1 N–H and O–H groups in total. The molecule has 3 heterocycles. The normalized spacial score (nSPS) is 23.6. The molecule has 144 valence electrons. The number of amides is 1. The molecule has 0 aliphatic carbocycles. The lowest BCUT2D eigenvalue weighted by molar-refractivity contribution is 0.102. The molecule has 1 aromatic heterocycles. The van der Waals surface area contributed by atoms with E-state index in [9.17, 15) is 13.6 Å². The van der Waals surface area contributed by atoms with E-state index in [1.54, 1.807) is 6.07 Å². The van der Waals surface area contributed by atoms with Crippen LogP contribution in [0.3, 0.4) is 0 Å². The number of thioether (sulfide) groups is 1. The predicted octanol–water partition coefficient (Wildman–Crippen LogP) is 3.26. The van der Waals surface area contributed by atoms with Gasteiger partial charge >= 0.3 is 0 Å². The van der Waals surface area contributed by atoms with Crippen molar-refractivity contribution < 1.29 is 18.3 Å². The van der Waals surface area contributed by atoms with Gasteiger partial charge in [0.2, 0.25) is 0 Å². The molecule has 0 saturated carbocycles. The zero-order valence-electron chi connectivity index (χ0n) is 14.7. The molecule has 28 heavy (non-hydrogen) atoms. The molecule has 1 fully saturated rings. The number of pyridine rings is 1. The van der Waals surface area contributed by atoms with Gasteiger partial charge in [-0.15, -0.1) is 0 Å². The Morgan fingerprint density at radius 1 is 1.36 bits per heavy atom. The second-order valence-electron chi connectivity index (χ2n) is 6.51. The van der Waals surface area contributed by atoms with Gasteiger partial charge in [-0.05, 0) is 37.0 Å². The lowest BCUT2D eigenvalue weighted by Gasteiger charge is -2.34. The zero-order chi connectivity index (χ0) is 19.7. The number of nitrogens with one attached hydrogen (secondary N) is 1. The van der Waals surface area contributed by atoms with Gasteiger partial charge in [-0.2, -0.15) is 0 Å². The van der Waals surface area contributed by atoms with E-state index in [0.29, 0.717) is 28.8 Å². The van der Waals surface area contributed by atoms with Crippen molar-refractivity contribution in [3.63, 3.8) is 0 Å². The van der Waals surface area contributed by atoms with Crippen molar-refractivity contribution in [2.75, 3.05) is 24.3 Å². The fraction of sp³-hybridized carbons (Fsp3) is 0.263. The van der Waals surface area contributed by atoms with Gasteiger partial charge in [0.05, 0.1) is 19.4 Å². The molecular weight excluding hydrogens is 386 g/mol. The van der Waals surface area contributed by atoms with E-state index in [-0.39, 0.29) is 18.2 Å². The van der Waals surface area contributed by atoms with Gasteiger partial charge in [-0.3, -0.25) is 4.79 Å². The Balaban J connectivity index is 1.68.